The Morgan fingerprint density at radius 3 is 2.70 bits per heavy atom. The first-order valence-electron chi connectivity index (χ1n) is 9.48. The van der Waals surface area contributed by atoms with Gasteiger partial charge in [0, 0.05) is 30.4 Å². The Hall–Kier alpha value is -3.68. The molecule has 0 radical (unpaired) electrons. The fourth-order valence-electron chi connectivity index (χ4n) is 3.42. The van der Waals surface area contributed by atoms with Gasteiger partial charge in [-0.15, -0.1) is 0 Å². The number of fused-ring (bicyclic) bond motifs is 2. The third-order valence-corrected chi connectivity index (χ3v) is 4.86. The molecule has 156 valence electrons. The molecular formula is C22H22FN3O4. The van der Waals surface area contributed by atoms with Crippen LogP contribution in [-0.2, 0) is 6.42 Å². The van der Waals surface area contributed by atoms with E-state index in [-0.39, 0.29) is 12.6 Å². The van der Waals surface area contributed by atoms with Crippen molar-refractivity contribution in [2.75, 3.05) is 32.5 Å². The summed E-state index contributed by atoms with van der Waals surface area (Å²) < 4.78 is 24.6. The van der Waals surface area contributed by atoms with Crippen LogP contribution in [0.3, 0.4) is 0 Å². The van der Waals surface area contributed by atoms with E-state index in [1.165, 1.54) is 4.57 Å². The minimum atomic E-state index is -0.607. The van der Waals surface area contributed by atoms with Gasteiger partial charge in [-0.25, -0.2) is 9.18 Å². The van der Waals surface area contributed by atoms with Gasteiger partial charge in [0.2, 0.25) is 0 Å². The van der Waals surface area contributed by atoms with Crippen LogP contribution in [0, 0.1) is 0 Å². The molecule has 0 bridgehead atoms. The summed E-state index contributed by atoms with van der Waals surface area (Å²) in [4.78, 5) is 18.2. The lowest BCUT2D eigenvalue weighted by Gasteiger charge is -2.27. The lowest BCUT2D eigenvalue weighted by Crippen LogP contribution is -2.29. The summed E-state index contributed by atoms with van der Waals surface area (Å²) in [7, 11) is 3.20. The van der Waals surface area contributed by atoms with Gasteiger partial charge in [-0.3, -0.25) is 4.57 Å². The number of halogens is 1. The van der Waals surface area contributed by atoms with Gasteiger partial charge in [0.25, 0.3) is 0 Å². The number of alkyl halides is 1. The minimum absolute atomic E-state index is 0.0192. The van der Waals surface area contributed by atoms with Gasteiger partial charge < -0.3 is 19.6 Å². The van der Waals surface area contributed by atoms with E-state index in [2.05, 4.69) is 5.32 Å². The van der Waals surface area contributed by atoms with Crippen molar-refractivity contribution in [1.82, 2.24) is 9.88 Å². The van der Waals surface area contributed by atoms with Crippen molar-refractivity contribution in [1.29, 1.82) is 0 Å². The maximum absolute atomic E-state index is 12.3. The molecule has 0 saturated heterocycles. The number of amides is 1. The number of anilines is 1. The number of hydrogen-bond donors (Lipinski definition) is 1. The second-order valence-corrected chi connectivity index (χ2v) is 6.67. The van der Waals surface area contributed by atoms with Crippen molar-refractivity contribution in [3.8, 4) is 17.2 Å². The van der Waals surface area contributed by atoms with Crippen LogP contribution in [0.1, 0.15) is 5.56 Å². The predicted octanol–water partition coefficient (Wildman–Crippen LogP) is 4.06. The van der Waals surface area contributed by atoms with E-state index >= 15 is 0 Å². The van der Waals surface area contributed by atoms with Gasteiger partial charge in [-0.05, 0) is 42.3 Å². The number of hydroxylamine groups is 1. The Bertz CT molecular complexity index is 1110. The third-order valence-electron chi connectivity index (χ3n) is 4.86. The standard InChI is InChI=1S/C22H22FN3O4/c1-28-20-13-15-4-3-10-26(19(15)14-21(20)29-2)30-17-5-6-18-16(12-17)7-11-25(18)22(27)24-9-8-23/h3,5-7,10-14H,4,8-9H2,1-2H3,(H,24,27). The highest BCUT2D eigenvalue weighted by molar-refractivity contribution is 5.92. The number of rotatable bonds is 6. The van der Waals surface area contributed by atoms with E-state index in [1.54, 1.807) is 37.6 Å². The number of carbonyl (C=O) groups is 1. The molecule has 3 aromatic rings. The molecule has 0 atom stereocenters. The number of ether oxygens (including phenoxy) is 2. The fourth-order valence-corrected chi connectivity index (χ4v) is 3.42. The molecule has 0 fully saturated rings. The molecule has 1 aliphatic rings. The number of benzene rings is 2. The Labute approximate surface area is 173 Å². The summed E-state index contributed by atoms with van der Waals surface area (Å²) in [5.41, 5.74) is 2.62. The molecule has 2 aromatic carbocycles. The van der Waals surface area contributed by atoms with Crippen molar-refractivity contribution in [2.24, 2.45) is 0 Å². The van der Waals surface area contributed by atoms with Crippen molar-refractivity contribution in [3.63, 3.8) is 0 Å². The average molecular weight is 411 g/mol. The summed E-state index contributed by atoms with van der Waals surface area (Å²) >= 11 is 0. The minimum Gasteiger partial charge on any atom is -0.493 e. The molecule has 0 spiro atoms. The van der Waals surface area contributed by atoms with Gasteiger partial charge in [-0.2, -0.15) is 5.06 Å². The lowest BCUT2D eigenvalue weighted by atomic mass is 10.1. The van der Waals surface area contributed by atoms with E-state index in [0.29, 0.717) is 22.8 Å². The second-order valence-electron chi connectivity index (χ2n) is 6.67. The van der Waals surface area contributed by atoms with Crippen LogP contribution in [0.2, 0.25) is 0 Å². The van der Waals surface area contributed by atoms with Gasteiger partial charge in [0.15, 0.2) is 17.2 Å². The normalized spacial score (nSPS) is 12.6. The number of aromatic nitrogens is 1. The molecule has 0 saturated carbocycles. The average Bonchev–Trinajstić information content (AvgIpc) is 3.20. The fraction of sp³-hybridized carbons (Fsp3) is 0.227. The number of nitrogens with one attached hydrogen (secondary N) is 1. The first kappa shape index (κ1) is 19.6. The number of methoxy groups -OCH3 is 2. The van der Waals surface area contributed by atoms with Gasteiger partial charge >= 0.3 is 6.03 Å². The molecule has 8 heteroatoms. The maximum atomic E-state index is 12.3. The molecule has 7 nitrogen and oxygen atoms in total. The van der Waals surface area contributed by atoms with Crippen LogP contribution in [-0.4, -0.2) is 38.0 Å². The smallest absolute Gasteiger partial charge is 0.326 e. The highest BCUT2D eigenvalue weighted by atomic mass is 19.1. The van der Waals surface area contributed by atoms with Crippen molar-refractivity contribution in [3.05, 3.63) is 60.4 Å². The predicted molar refractivity (Wildman–Crippen MR) is 112 cm³/mol. The van der Waals surface area contributed by atoms with Gasteiger partial charge in [0.1, 0.15) is 6.67 Å². The zero-order valence-electron chi connectivity index (χ0n) is 16.7. The summed E-state index contributed by atoms with van der Waals surface area (Å²) in [6, 6.07) is 10.7. The summed E-state index contributed by atoms with van der Waals surface area (Å²) in [6.45, 7) is -0.626. The molecule has 2 heterocycles. The van der Waals surface area contributed by atoms with E-state index < -0.39 is 6.67 Å². The highest BCUT2D eigenvalue weighted by Gasteiger charge is 2.19. The SMILES string of the molecule is COc1cc2c(cc1OC)N(Oc1ccc3c(ccn3C(=O)NCCF)c1)C=CC2. The first-order valence-corrected chi connectivity index (χ1v) is 9.48. The van der Waals surface area contributed by atoms with Crippen LogP contribution >= 0.6 is 0 Å². The first-order chi connectivity index (χ1) is 14.6. The zero-order valence-corrected chi connectivity index (χ0v) is 16.7. The summed E-state index contributed by atoms with van der Waals surface area (Å²) in [5, 5.41) is 5.02. The van der Waals surface area contributed by atoms with Gasteiger partial charge in [0.05, 0.1) is 25.4 Å². The molecule has 1 amide bonds. The van der Waals surface area contributed by atoms with Crippen molar-refractivity contribution >= 4 is 22.6 Å². The highest BCUT2D eigenvalue weighted by Crippen LogP contribution is 2.38. The van der Waals surface area contributed by atoms with Crippen molar-refractivity contribution in [2.45, 2.75) is 6.42 Å². The second kappa shape index (κ2) is 8.36. The Balaban J connectivity index is 1.60. The zero-order chi connectivity index (χ0) is 21.1. The van der Waals surface area contributed by atoms with E-state index in [9.17, 15) is 9.18 Å². The molecular weight excluding hydrogens is 389 g/mol. The van der Waals surface area contributed by atoms with E-state index in [0.717, 1.165) is 23.1 Å². The lowest BCUT2D eigenvalue weighted by molar-refractivity contribution is 0.242. The Morgan fingerprint density at radius 1 is 1.13 bits per heavy atom. The molecule has 0 unspecified atom stereocenters. The molecule has 1 N–H and O–H groups in total. The monoisotopic (exact) mass is 411 g/mol. The third kappa shape index (κ3) is 3.63. The van der Waals surface area contributed by atoms with Crippen LogP contribution in [0.4, 0.5) is 14.9 Å². The number of nitrogens with zero attached hydrogens (tertiary/aromatic N) is 2. The molecule has 1 aromatic heterocycles. The summed E-state index contributed by atoms with van der Waals surface area (Å²) in [6.07, 6.45) is 6.26. The molecule has 0 aliphatic carbocycles. The van der Waals surface area contributed by atoms with Crippen LogP contribution < -0.4 is 24.7 Å². The Morgan fingerprint density at radius 2 is 1.93 bits per heavy atom. The molecule has 30 heavy (non-hydrogen) atoms. The summed E-state index contributed by atoms with van der Waals surface area (Å²) in [5.74, 6) is 1.89. The number of allylic oxidation sites excluding steroid dienone is 1. The molecule has 1 aliphatic heterocycles. The number of carbonyl (C=O) groups excluding carboxylic acids is 1. The van der Waals surface area contributed by atoms with Crippen LogP contribution in [0.15, 0.2) is 54.9 Å². The maximum Gasteiger partial charge on any atom is 0.326 e. The van der Waals surface area contributed by atoms with E-state index in [1.807, 2.05) is 36.5 Å². The van der Waals surface area contributed by atoms with Crippen molar-refractivity contribution < 1.29 is 23.5 Å². The van der Waals surface area contributed by atoms with Crippen LogP contribution in [0.25, 0.3) is 10.9 Å². The molecule has 4 rings (SSSR count). The topological polar surface area (TPSA) is 65.0 Å². The largest absolute Gasteiger partial charge is 0.493 e. The van der Waals surface area contributed by atoms with Gasteiger partial charge in [-0.1, -0.05) is 6.08 Å². The van der Waals surface area contributed by atoms with E-state index in [4.69, 9.17) is 14.3 Å². The Kier molecular flexibility index (Phi) is 5.47. The quantitative estimate of drug-likeness (QED) is 0.663. The number of hydrogen-bond acceptors (Lipinski definition) is 5. The van der Waals surface area contributed by atoms with Crippen LogP contribution in [0.5, 0.6) is 17.2 Å².